The van der Waals surface area contributed by atoms with Crippen molar-refractivity contribution in [3.05, 3.63) is 57.5 Å². The SMILES string of the molecule is COc1cccc(CN(C)Cc2cc(=O)n3ccsc3n2)c1OC. The predicted octanol–water partition coefficient (Wildman–Crippen LogP) is 2.41. The summed E-state index contributed by atoms with van der Waals surface area (Å²) in [5.41, 5.74) is 1.73. The molecule has 0 aliphatic rings. The van der Waals surface area contributed by atoms with Crippen molar-refractivity contribution in [3.63, 3.8) is 0 Å². The van der Waals surface area contributed by atoms with Crippen LogP contribution in [0.3, 0.4) is 0 Å². The van der Waals surface area contributed by atoms with Crippen molar-refractivity contribution in [2.24, 2.45) is 0 Å². The molecule has 1 aromatic carbocycles. The zero-order valence-corrected chi connectivity index (χ0v) is 14.7. The van der Waals surface area contributed by atoms with Gasteiger partial charge in [0.2, 0.25) is 0 Å². The molecule has 0 fully saturated rings. The molecule has 2 aromatic heterocycles. The third kappa shape index (κ3) is 3.27. The second-order valence-electron chi connectivity index (χ2n) is 5.47. The number of ether oxygens (including phenoxy) is 2. The Labute approximate surface area is 143 Å². The van der Waals surface area contributed by atoms with Crippen LogP contribution >= 0.6 is 11.3 Å². The second kappa shape index (κ2) is 7.02. The maximum atomic E-state index is 12.1. The van der Waals surface area contributed by atoms with Gasteiger partial charge in [-0.2, -0.15) is 0 Å². The molecule has 7 heteroatoms. The molecule has 126 valence electrons. The molecule has 24 heavy (non-hydrogen) atoms. The summed E-state index contributed by atoms with van der Waals surface area (Å²) in [5.74, 6) is 1.44. The van der Waals surface area contributed by atoms with Crippen molar-refractivity contribution in [2.45, 2.75) is 13.1 Å². The van der Waals surface area contributed by atoms with Crippen molar-refractivity contribution in [1.29, 1.82) is 0 Å². The van der Waals surface area contributed by atoms with Crippen LogP contribution in [-0.2, 0) is 13.1 Å². The number of rotatable bonds is 6. The molecule has 3 aromatic rings. The highest BCUT2D eigenvalue weighted by atomic mass is 32.1. The average Bonchev–Trinajstić information content (AvgIpc) is 3.03. The minimum absolute atomic E-state index is 0.0522. The molecular formula is C17H19N3O3S. The number of para-hydroxylation sites is 1. The number of benzene rings is 1. The largest absolute Gasteiger partial charge is 0.493 e. The summed E-state index contributed by atoms with van der Waals surface area (Å²) >= 11 is 1.45. The normalized spacial score (nSPS) is 11.2. The Kier molecular flexibility index (Phi) is 4.82. The number of thiazole rings is 1. The Morgan fingerprint density at radius 3 is 2.83 bits per heavy atom. The summed E-state index contributed by atoms with van der Waals surface area (Å²) in [5, 5.41) is 1.86. The fourth-order valence-corrected chi connectivity index (χ4v) is 3.41. The standard InChI is InChI=1S/C17H19N3O3S/c1-19(10-12-5-4-6-14(22-2)16(12)23-3)11-13-9-15(21)20-7-8-24-17(20)18-13/h4-9H,10-11H2,1-3H3. The molecule has 0 aliphatic carbocycles. The summed E-state index contributed by atoms with van der Waals surface area (Å²) in [4.78, 5) is 19.4. The average molecular weight is 345 g/mol. The van der Waals surface area contributed by atoms with Crippen LogP contribution in [0.5, 0.6) is 11.5 Å². The first-order valence-corrected chi connectivity index (χ1v) is 8.34. The van der Waals surface area contributed by atoms with Gasteiger partial charge in [0.25, 0.3) is 5.56 Å². The summed E-state index contributed by atoms with van der Waals surface area (Å²) < 4.78 is 12.4. The number of aromatic nitrogens is 2. The van der Waals surface area contributed by atoms with E-state index >= 15 is 0 Å². The van der Waals surface area contributed by atoms with Crippen LogP contribution in [0, 0.1) is 0 Å². The van der Waals surface area contributed by atoms with Gasteiger partial charge in [0.05, 0.1) is 19.9 Å². The summed E-state index contributed by atoms with van der Waals surface area (Å²) in [6, 6.07) is 7.39. The number of methoxy groups -OCH3 is 2. The fraction of sp³-hybridized carbons (Fsp3) is 0.294. The first-order valence-electron chi connectivity index (χ1n) is 7.46. The molecule has 0 bridgehead atoms. The molecule has 0 radical (unpaired) electrons. The quantitative estimate of drug-likeness (QED) is 0.687. The minimum Gasteiger partial charge on any atom is -0.493 e. The first-order chi connectivity index (χ1) is 11.6. The number of hydrogen-bond donors (Lipinski definition) is 0. The van der Waals surface area contributed by atoms with Gasteiger partial charge in [-0.15, -0.1) is 11.3 Å². The van der Waals surface area contributed by atoms with E-state index in [-0.39, 0.29) is 5.56 Å². The first kappa shape index (κ1) is 16.5. The number of hydrogen-bond acceptors (Lipinski definition) is 6. The molecule has 0 aliphatic heterocycles. The van der Waals surface area contributed by atoms with Gasteiger partial charge < -0.3 is 9.47 Å². The van der Waals surface area contributed by atoms with Crippen molar-refractivity contribution >= 4 is 16.3 Å². The third-order valence-corrected chi connectivity index (χ3v) is 4.47. The van der Waals surface area contributed by atoms with Gasteiger partial charge in [-0.1, -0.05) is 12.1 Å². The molecule has 0 unspecified atom stereocenters. The van der Waals surface area contributed by atoms with Crippen molar-refractivity contribution in [3.8, 4) is 11.5 Å². The summed E-state index contributed by atoms with van der Waals surface area (Å²) in [6.07, 6.45) is 1.74. The lowest BCUT2D eigenvalue weighted by atomic mass is 10.1. The van der Waals surface area contributed by atoms with E-state index in [1.807, 2.05) is 30.6 Å². The lowest BCUT2D eigenvalue weighted by Crippen LogP contribution is -2.21. The van der Waals surface area contributed by atoms with Crippen LogP contribution in [-0.4, -0.2) is 35.6 Å². The van der Waals surface area contributed by atoms with E-state index < -0.39 is 0 Å². The highest BCUT2D eigenvalue weighted by Crippen LogP contribution is 2.31. The second-order valence-corrected chi connectivity index (χ2v) is 6.34. The molecule has 6 nitrogen and oxygen atoms in total. The Bertz CT molecular complexity index is 903. The Morgan fingerprint density at radius 2 is 2.08 bits per heavy atom. The van der Waals surface area contributed by atoms with E-state index in [4.69, 9.17) is 9.47 Å². The van der Waals surface area contributed by atoms with E-state index in [1.54, 1.807) is 30.9 Å². The topological polar surface area (TPSA) is 56.1 Å². The predicted molar refractivity (Wildman–Crippen MR) is 94.1 cm³/mol. The minimum atomic E-state index is -0.0522. The highest BCUT2D eigenvalue weighted by molar-refractivity contribution is 7.15. The smallest absolute Gasteiger partial charge is 0.258 e. The Hall–Kier alpha value is -2.38. The van der Waals surface area contributed by atoms with Crippen LogP contribution < -0.4 is 15.0 Å². The van der Waals surface area contributed by atoms with Crippen LogP contribution in [0.25, 0.3) is 4.96 Å². The van der Waals surface area contributed by atoms with Gasteiger partial charge in [-0.05, 0) is 13.1 Å². The van der Waals surface area contributed by atoms with Crippen LogP contribution in [0.1, 0.15) is 11.3 Å². The monoisotopic (exact) mass is 345 g/mol. The number of nitrogens with zero attached hydrogens (tertiary/aromatic N) is 3. The van der Waals surface area contributed by atoms with Gasteiger partial charge >= 0.3 is 0 Å². The van der Waals surface area contributed by atoms with Gasteiger partial charge in [0.15, 0.2) is 16.5 Å². The fourth-order valence-electron chi connectivity index (χ4n) is 2.67. The van der Waals surface area contributed by atoms with E-state index in [0.29, 0.717) is 23.8 Å². The molecule has 0 N–H and O–H groups in total. The lowest BCUT2D eigenvalue weighted by molar-refractivity contribution is 0.300. The highest BCUT2D eigenvalue weighted by Gasteiger charge is 2.12. The Morgan fingerprint density at radius 1 is 1.25 bits per heavy atom. The maximum Gasteiger partial charge on any atom is 0.258 e. The summed E-state index contributed by atoms with van der Waals surface area (Å²) in [7, 11) is 5.24. The van der Waals surface area contributed by atoms with E-state index in [1.165, 1.54) is 11.3 Å². The molecule has 3 rings (SSSR count). The molecule has 2 heterocycles. The van der Waals surface area contributed by atoms with Gasteiger partial charge in [0, 0.05) is 36.3 Å². The van der Waals surface area contributed by atoms with E-state index in [0.717, 1.165) is 17.0 Å². The van der Waals surface area contributed by atoms with Crippen LogP contribution in [0.15, 0.2) is 40.6 Å². The zero-order chi connectivity index (χ0) is 17.1. The molecule has 0 saturated carbocycles. The third-order valence-electron chi connectivity index (χ3n) is 3.71. The van der Waals surface area contributed by atoms with Gasteiger partial charge in [-0.3, -0.25) is 14.1 Å². The van der Waals surface area contributed by atoms with Crippen molar-refractivity contribution < 1.29 is 9.47 Å². The Balaban J connectivity index is 1.80. The molecule has 0 saturated heterocycles. The molecule has 0 atom stereocenters. The van der Waals surface area contributed by atoms with Crippen molar-refractivity contribution in [2.75, 3.05) is 21.3 Å². The van der Waals surface area contributed by atoms with E-state index in [9.17, 15) is 4.79 Å². The summed E-state index contributed by atoms with van der Waals surface area (Å²) in [6.45, 7) is 1.23. The van der Waals surface area contributed by atoms with Crippen LogP contribution in [0.4, 0.5) is 0 Å². The lowest BCUT2D eigenvalue weighted by Gasteiger charge is -2.19. The molecule has 0 amide bonds. The van der Waals surface area contributed by atoms with Gasteiger partial charge in [-0.25, -0.2) is 4.98 Å². The maximum absolute atomic E-state index is 12.1. The van der Waals surface area contributed by atoms with E-state index in [2.05, 4.69) is 9.88 Å². The zero-order valence-electron chi connectivity index (χ0n) is 13.9. The van der Waals surface area contributed by atoms with Crippen LogP contribution in [0.2, 0.25) is 0 Å². The molecular weight excluding hydrogens is 326 g/mol. The molecule has 0 spiro atoms. The van der Waals surface area contributed by atoms with Gasteiger partial charge in [0.1, 0.15) is 0 Å². The number of fused-ring (bicyclic) bond motifs is 1. The van der Waals surface area contributed by atoms with Crippen molar-refractivity contribution in [1.82, 2.24) is 14.3 Å².